The van der Waals surface area contributed by atoms with Crippen LogP contribution in [0, 0.1) is 0 Å². The fraction of sp³-hybridized carbons (Fsp3) is 0.389. The molecular weight excluding hydrogens is 312 g/mol. The zero-order chi connectivity index (χ0) is 17.9. The van der Waals surface area contributed by atoms with Gasteiger partial charge in [0.2, 0.25) is 0 Å². The molecule has 0 unspecified atom stereocenters. The van der Waals surface area contributed by atoms with E-state index in [-0.39, 0.29) is 12.0 Å². The smallest absolute Gasteiger partial charge is 0.338 e. The van der Waals surface area contributed by atoms with Gasteiger partial charge in [-0.2, -0.15) is 0 Å². The van der Waals surface area contributed by atoms with Gasteiger partial charge in [-0.3, -0.25) is 4.79 Å². The predicted molar refractivity (Wildman–Crippen MR) is 87.9 cm³/mol. The molecule has 1 rings (SSSR count). The summed E-state index contributed by atoms with van der Waals surface area (Å²) in [5, 5.41) is 8.67. The maximum absolute atomic E-state index is 11.7. The molecule has 0 aliphatic carbocycles. The number of hydrogen-bond donors (Lipinski definition) is 1. The normalized spacial score (nSPS) is 10.0. The molecule has 0 saturated heterocycles. The van der Waals surface area contributed by atoms with Gasteiger partial charge in [0.15, 0.2) is 0 Å². The lowest BCUT2D eigenvalue weighted by molar-refractivity contribution is -0.134. The first-order valence-electron chi connectivity index (χ1n) is 7.83. The van der Waals surface area contributed by atoms with E-state index in [0.717, 1.165) is 6.42 Å². The van der Waals surface area contributed by atoms with Gasteiger partial charge in [0.25, 0.3) is 0 Å². The summed E-state index contributed by atoms with van der Waals surface area (Å²) < 4.78 is 10.2. The van der Waals surface area contributed by atoms with E-state index in [2.05, 4.69) is 6.58 Å². The van der Waals surface area contributed by atoms with Crippen LogP contribution in [-0.4, -0.2) is 29.6 Å². The average molecular weight is 334 g/mol. The Hall–Kier alpha value is -2.63. The molecule has 6 heteroatoms. The van der Waals surface area contributed by atoms with E-state index in [4.69, 9.17) is 14.6 Å². The fourth-order valence-electron chi connectivity index (χ4n) is 1.83. The minimum absolute atomic E-state index is 0.133. The quantitative estimate of drug-likeness (QED) is 0.305. The molecule has 130 valence electrons. The van der Waals surface area contributed by atoms with Crippen LogP contribution >= 0.6 is 0 Å². The lowest BCUT2D eigenvalue weighted by Crippen LogP contribution is -2.09. The van der Waals surface area contributed by atoms with Gasteiger partial charge < -0.3 is 14.6 Å². The molecule has 0 bridgehead atoms. The number of carbonyl (C=O) groups excluding carboxylic acids is 2. The highest BCUT2D eigenvalue weighted by Gasteiger charge is 2.09. The van der Waals surface area contributed by atoms with Crippen LogP contribution in [0.1, 0.15) is 49.4 Å². The second-order valence-corrected chi connectivity index (χ2v) is 5.25. The molecule has 0 saturated carbocycles. The second kappa shape index (κ2) is 10.2. The van der Waals surface area contributed by atoms with Gasteiger partial charge in [-0.15, -0.1) is 0 Å². The number of carbonyl (C=O) groups is 3. The van der Waals surface area contributed by atoms with E-state index in [1.165, 1.54) is 24.3 Å². The number of rotatable bonds is 10. The number of carboxylic acids is 1. The van der Waals surface area contributed by atoms with Crippen LogP contribution in [-0.2, 0) is 14.3 Å². The van der Waals surface area contributed by atoms with Crippen molar-refractivity contribution in [2.24, 2.45) is 0 Å². The Morgan fingerprint density at radius 3 is 2.29 bits per heavy atom. The summed E-state index contributed by atoms with van der Waals surface area (Å²) in [4.78, 5) is 33.9. The standard InChI is InChI=1S/C18H22O6/c1-3-12-23-18(22)14-8-10-15(11-9-14)24-16(19)7-5-4-6-13(2)17(20)21/h8-11H,2-7,12H2,1H3,(H,20,21). The molecule has 0 aliphatic rings. The highest BCUT2D eigenvalue weighted by atomic mass is 16.5. The third-order valence-corrected chi connectivity index (χ3v) is 3.17. The molecule has 0 spiro atoms. The molecule has 0 aliphatic heterocycles. The van der Waals surface area contributed by atoms with E-state index >= 15 is 0 Å². The minimum Gasteiger partial charge on any atom is -0.478 e. The lowest BCUT2D eigenvalue weighted by Gasteiger charge is -2.06. The Kier molecular flexibility index (Phi) is 8.25. The van der Waals surface area contributed by atoms with Crippen LogP contribution in [0.3, 0.4) is 0 Å². The van der Waals surface area contributed by atoms with Crippen molar-refractivity contribution in [1.29, 1.82) is 0 Å². The van der Waals surface area contributed by atoms with E-state index in [1.807, 2.05) is 6.92 Å². The molecule has 0 atom stereocenters. The molecule has 0 aromatic heterocycles. The molecule has 6 nitrogen and oxygen atoms in total. The van der Waals surface area contributed by atoms with E-state index in [0.29, 0.717) is 37.2 Å². The highest BCUT2D eigenvalue weighted by molar-refractivity contribution is 5.89. The zero-order valence-corrected chi connectivity index (χ0v) is 13.7. The average Bonchev–Trinajstić information content (AvgIpc) is 2.56. The van der Waals surface area contributed by atoms with Crippen molar-refractivity contribution in [2.75, 3.05) is 6.61 Å². The van der Waals surface area contributed by atoms with Crippen molar-refractivity contribution >= 4 is 17.9 Å². The van der Waals surface area contributed by atoms with Gasteiger partial charge in [-0.05, 0) is 49.9 Å². The third-order valence-electron chi connectivity index (χ3n) is 3.17. The van der Waals surface area contributed by atoms with Gasteiger partial charge in [-0.25, -0.2) is 9.59 Å². The van der Waals surface area contributed by atoms with Crippen molar-refractivity contribution in [3.63, 3.8) is 0 Å². The second-order valence-electron chi connectivity index (χ2n) is 5.25. The summed E-state index contributed by atoms with van der Waals surface area (Å²) in [6, 6.07) is 6.15. The van der Waals surface area contributed by atoms with Crippen LogP contribution in [0.15, 0.2) is 36.4 Å². The van der Waals surface area contributed by atoms with Crippen LogP contribution in [0.5, 0.6) is 5.75 Å². The number of benzene rings is 1. The topological polar surface area (TPSA) is 89.9 Å². The maximum Gasteiger partial charge on any atom is 0.338 e. The number of ether oxygens (including phenoxy) is 2. The van der Waals surface area contributed by atoms with Crippen molar-refractivity contribution in [1.82, 2.24) is 0 Å². The summed E-state index contributed by atoms with van der Waals surface area (Å²) in [7, 11) is 0. The number of unbranched alkanes of at least 4 members (excludes halogenated alkanes) is 1. The monoisotopic (exact) mass is 334 g/mol. The molecule has 1 aromatic rings. The first-order chi connectivity index (χ1) is 11.4. The van der Waals surface area contributed by atoms with Crippen molar-refractivity contribution in [3.8, 4) is 5.75 Å². The van der Waals surface area contributed by atoms with E-state index in [9.17, 15) is 14.4 Å². The molecule has 24 heavy (non-hydrogen) atoms. The Bertz CT molecular complexity index is 588. The first-order valence-corrected chi connectivity index (χ1v) is 7.83. The summed E-state index contributed by atoms with van der Waals surface area (Å²) >= 11 is 0. The van der Waals surface area contributed by atoms with Crippen LogP contribution in [0.4, 0.5) is 0 Å². The summed E-state index contributed by atoms with van der Waals surface area (Å²) in [5.41, 5.74) is 0.532. The highest BCUT2D eigenvalue weighted by Crippen LogP contribution is 2.15. The third kappa shape index (κ3) is 7.09. The van der Waals surface area contributed by atoms with E-state index < -0.39 is 17.9 Å². The first kappa shape index (κ1) is 19.4. The zero-order valence-electron chi connectivity index (χ0n) is 13.7. The van der Waals surface area contributed by atoms with Gasteiger partial charge in [-0.1, -0.05) is 13.5 Å². The lowest BCUT2D eigenvalue weighted by atomic mass is 10.1. The van der Waals surface area contributed by atoms with Gasteiger partial charge in [0.05, 0.1) is 12.2 Å². The number of esters is 2. The molecule has 0 amide bonds. The summed E-state index contributed by atoms with van der Waals surface area (Å²) in [6.45, 7) is 5.70. The fourth-order valence-corrected chi connectivity index (χ4v) is 1.83. The van der Waals surface area contributed by atoms with Crippen LogP contribution < -0.4 is 4.74 Å². The summed E-state index contributed by atoms with van der Waals surface area (Å²) in [6.07, 6.45) is 2.36. The van der Waals surface area contributed by atoms with E-state index in [1.54, 1.807) is 0 Å². The molecule has 0 heterocycles. The van der Waals surface area contributed by atoms with Crippen molar-refractivity contribution in [3.05, 3.63) is 42.0 Å². The van der Waals surface area contributed by atoms with Crippen molar-refractivity contribution in [2.45, 2.75) is 39.0 Å². The Morgan fingerprint density at radius 2 is 1.71 bits per heavy atom. The molecule has 0 fully saturated rings. The Labute approximate surface area is 141 Å². The molecular formula is C18H22O6. The maximum atomic E-state index is 11.7. The Morgan fingerprint density at radius 1 is 1.08 bits per heavy atom. The van der Waals surface area contributed by atoms with Gasteiger partial charge in [0, 0.05) is 12.0 Å². The van der Waals surface area contributed by atoms with Gasteiger partial charge in [0.1, 0.15) is 5.75 Å². The largest absolute Gasteiger partial charge is 0.478 e. The Balaban J connectivity index is 2.35. The SMILES string of the molecule is C=C(CCCCC(=O)Oc1ccc(C(=O)OCCC)cc1)C(=O)O. The molecule has 1 aromatic carbocycles. The molecule has 1 N–H and O–H groups in total. The van der Waals surface area contributed by atoms with Crippen LogP contribution in [0.25, 0.3) is 0 Å². The number of hydrogen-bond acceptors (Lipinski definition) is 5. The minimum atomic E-state index is -1.02. The molecule has 0 radical (unpaired) electrons. The summed E-state index contributed by atoms with van der Waals surface area (Å²) in [5.74, 6) is -1.48. The van der Waals surface area contributed by atoms with Crippen molar-refractivity contribution < 1.29 is 29.0 Å². The van der Waals surface area contributed by atoms with Gasteiger partial charge >= 0.3 is 17.9 Å². The predicted octanol–water partition coefficient (Wildman–Crippen LogP) is 3.36. The van der Waals surface area contributed by atoms with Crippen LogP contribution in [0.2, 0.25) is 0 Å². The number of aliphatic carboxylic acids is 1. The number of carboxylic acid groups (broad SMARTS) is 1.